The summed E-state index contributed by atoms with van der Waals surface area (Å²) in [7, 11) is 0. The number of benzene rings is 1. The number of nitrogens with one attached hydrogen (secondary N) is 2. The van der Waals surface area contributed by atoms with E-state index in [9.17, 15) is 18.4 Å². The second-order valence-electron chi connectivity index (χ2n) is 4.46. The molecule has 0 bridgehead atoms. The van der Waals surface area contributed by atoms with Gasteiger partial charge in [-0.1, -0.05) is 0 Å². The molecule has 0 aliphatic heterocycles. The van der Waals surface area contributed by atoms with Gasteiger partial charge in [0, 0.05) is 12.6 Å². The van der Waals surface area contributed by atoms with E-state index >= 15 is 0 Å². The fourth-order valence-electron chi connectivity index (χ4n) is 1.53. The molecule has 1 aromatic rings. The Balaban J connectivity index is 2.58. The zero-order chi connectivity index (χ0) is 16.0. The van der Waals surface area contributed by atoms with Gasteiger partial charge < -0.3 is 15.4 Å². The van der Waals surface area contributed by atoms with Gasteiger partial charge in [-0.3, -0.25) is 9.59 Å². The van der Waals surface area contributed by atoms with E-state index in [-0.39, 0.29) is 11.7 Å². The van der Waals surface area contributed by atoms with Gasteiger partial charge in [0.2, 0.25) is 5.91 Å². The Hall–Kier alpha value is -2.18. The third-order valence-corrected chi connectivity index (χ3v) is 2.68. The van der Waals surface area contributed by atoms with Crippen LogP contribution in [0.5, 0.6) is 5.75 Å². The summed E-state index contributed by atoms with van der Waals surface area (Å²) < 4.78 is 31.0. The molecule has 0 spiro atoms. The molecule has 2 N–H and O–H groups in total. The van der Waals surface area contributed by atoms with Crippen LogP contribution in [-0.4, -0.2) is 30.5 Å². The van der Waals surface area contributed by atoms with Crippen molar-refractivity contribution in [2.75, 3.05) is 6.54 Å². The van der Waals surface area contributed by atoms with Crippen molar-refractivity contribution in [2.45, 2.75) is 32.9 Å². The minimum absolute atomic E-state index is 0.0298. The summed E-state index contributed by atoms with van der Waals surface area (Å²) in [6, 6.07) is 2.27. The van der Waals surface area contributed by atoms with Crippen LogP contribution in [0, 0.1) is 11.6 Å². The molecule has 0 aromatic heterocycles. The number of amides is 2. The van der Waals surface area contributed by atoms with E-state index in [1.807, 2.05) is 0 Å². The maximum Gasteiger partial charge on any atom is 0.261 e. The largest absolute Gasteiger partial charge is 0.481 e. The van der Waals surface area contributed by atoms with Crippen LogP contribution in [0.15, 0.2) is 18.2 Å². The summed E-state index contributed by atoms with van der Waals surface area (Å²) in [6.07, 6.45) is -0.952. The minimum Gasteiger partial charge on any atom is -0.481 e. The number of hydrogen-bond acceptors (Lipinski definition) is 3. The lowest BCUT2D eigenvalue weighted by molar-refractivity contribution is -0.132. The van der Waals surface area contributed by atoms with E-state index in [0.29, 0.717) is 6.54 Å². The van der Waals surface area contributed by atoms with Crippen molar-refractivity contribution >= 4 is 11.8 Å². The molecule has 2 atom stereocenters. The highest BCUT2D eigenvalue weighted by molar-refractivity contribution is 5.88. The number of carbonyl (C=O) groups excluding carboxylic acids is 2. The van der Waals surface area contributed by atoms with Gasteiger partial charge in [-0.05, 0) is 32.9 Å². The average molecular weight is 300 g/mol. The van der Waals surface area contributed by atoms with Gasteiger partial charge in [-0.2, -0.15) is 0 Å². The van der Waals surface area contributed by atoms with Crippen molar-refractivity contribution in [1.82, 2.24) is 10.6 Å². The van der Waals surface area contributed by atoms with Gasteiger partial charge in [0.05, 0.1) is 0 Å². The molecule has 0 heterocycles. The summed E-state index contributed by atoms with van der Waals surface area (Å²) in [5.41, 5.74) is 0. The van der Waals surface area contributed by atoms with Crippen LogP contribution in [0.25, 0.3) is 0 Å². The summed E-state index contributed by atoms with van der Waals surface area (Å²) in [4.78, 5) is 23.3. The zero-order valence-electron chi connectivity index (χ0n) is 12.1. The van der Waals surface area contributed by atoms with Crippen LogP contribution in [0.4, 0.5) is 8.78 Å². The Labute approximate surface area is 121 Å². The number of ether oxygens (including phenoxy) is 1. The highest BCUT2D eigenvalue weighted by Crippen LogP contribution is 2.16. The molecule has 21 heavy (non-hydrogen) atoms. The normalized spacial score (nSPS) is 13.2. The molecule has 2 amide bonds. The summed E-state index contributed by atoms with van der Waals surface area (Å²) in [5, 5.41) is 5.03. The molecule has 5 nitrogen and oxygen atoms in total. The number of hydrogen-bond donors (Lipinski definition) is 2. The second kappa shape index (κ2) is 7.56. The predicted octanol–water partition coefficient (Wildman–Crippen LogP) is 1.37. The number of likely N-dealkylation sites (N-methyl/N-ethyl adjacent to an activating group) is 1. The lowest BCUT2D eigenvalue weighted by Gasteiger charge is -2.18. The molecule has 0 fully saturated rings. The molecular weight excluding hydrogens is 282 g/mol. The fraction of sp³-hybridized carbons (Fsp3) is 0.429. The average Bonchev–Trinajstić information content (AvgIpc) is 2.43. The van der Waals surface area contributed by atoms with Crippen molar-refractivity contribution in [3.8, 4) is 5.75 Å². The summed E-state index contributed by atoms with van der Waals surface area (Å²) in [6.45, 7) is 5.20. The van der Waals surface area contributed by atoms with Crippen LogP contribution in [0.3, 0.4) is 0 Å². The van der Waals surface area contributed by atoms with Crippen molar-refractivity contribution in [1.29, 1.82) is 0 Å². The molecule has 0 aliphatic rings. The SMILES string of the molecule is CCNC(=O)[C@@H](C)NC(=O)[C@H](C)Oc1ccc(F)c(F)c1. The van der Waals surface area contributed by atoms with Crippen LogP contribution < -0.4 is 15.4 Å². The van der Waals surface area contributed by atoms with Crippen molar-refractivity contribution in [3.63, 3.8) is 0 Å². The molecule has 116 valence electrons. The Kier molecular flexibility index (Phi) is 6.08. The number of halogens is 2. The van der Waals surface area contributed by atoms with E-state index < -0.39 is 29.7 Å². The topological polar surface area (TPSA) is 67.4 Å². The smallest absolute Gasteiger partial charge is 0.261 e. The second-order valence-corrected chi connectivity index (χ2v) is 4.46. The summed E-state index contributed by atoms with van der Waals surface area (Å²) in [5.74, 6) is -2.87. The van der Waals surface area contributed by atoms with E-state index in [2.05, 4.69) is 10.6 Å². The number of rotatable bonds is 6. The van der Waals surface area contributed by atoms with Gasteiger partial charge in [0.25, 0.3) is 5.91 Å². The maximum absolute atomic E-state index is 13.0. The number of carbonyl (C=O) groups is 2. The first-order valence-corrected chi connectivity index (χ1v) is 6.55. The van der Waals surface area contributed by atoms with Gasteiger partial charge in [0.15, 0.2) is 17.7 Å². The van der Waals surface area contributed by atoms with Crippen molar-refractivity contribution < 1.29 is 23.1 Å². The van der Waals surface area contributed by atoms with Crippen molar-refractivity contribution in [2.24, 2.45) is 0 Å². The first kappa shape index (κ1) is 16.9. The lowest BCUT2D eigenvalue weighted by atomic mass is 10.2. The predicted molar refractivity (Wildman–Crippen MR) is 72.7 cm³/mol. The van der Waals surface area contributed by atoms with E-state index in [1.54, 1.807) is 6.92 Å². The molecule has 0 aliphatic carbocycles. The molecule has 0 unspecified atom stereocenters. The van der Waals surface area contributed by atoms with E-state index in [1.165, 1.54) is 19.9 Å². The van der Waals surface area contributed by atoms with Crippen LogP contribution in [0.2, 0.25) is 0 Å². The first-order valence-electron chi connectivity index (χ1n) is 6.55. The molecule has 1 rings (SSSR count). The van der Waals surface area contributed by atoms with Crippen LogP contribution in [-0.2, 0) is 9.59 Å². The lowest BCUT2D eigenvalue weighted by Crippen LogP contribution is -2.48. The van der Waals surface area contributed by atoms with Crippen LogP contribution >= 0.6 is 0 Å². The summed E-state index contributed by atoms with van der Waals surface area (Å²) >= 11 is 0. The molecule has 0 saturated carbocycles. The molecule has 0 radical (unpaired) electrons. The van der Waals surface area contributed by atoms with Crippen molar-refractivity contribution in [3.05, 3.63) is 29.8 Å². The highest BCUT2D eigenvalue weighted by Gasteiger charge is 2.20. The van der Waals surface area contributed by atoms with Gasteiger partial charge in [-0.25, -0.2) is 8.78 Å². The third kappa shape index (κ3) is 5.02. The minimum atomic E-state index is -1.06. The molecule has 1 aromatic carbocycles. The standard InChI is InChI=1S/C14H18F2N2O3/c1-4-17-13(19)8(2)18-14(20)9(3)21-10-5-6-11(15)12(16)7-10/h5-9H,4H2,1-3H3,(H,17,19)(H,18,20)/t8-,9+/m1/s1. The first-order chi connectivity index (χ1) is 9.85. The maximum atomic E-state index is 13.0. The van der Waals surface area contributed by atoms with Gasteiger partial charge in [0.1, 0.15) is 11.8 Å². The molecule has 0 saturated heterocycles. The van der Waals surface area contributed by atoms with E-state index in [0.717, 1.165) is 12.1 Å². The Morgan fingerprint density at radius 1 is 1.19 bits per heavy atom. The quantitative estimate of drug-likeness (QED) is 0.834. The monoisotopic (exact) mass is 300 g/mol. The van der Waals surface area contributed by atoms with E-state index in [4.69, 9.17) is 4.74 Å². The Morgan fingerprint density at radius 2 is 1.86 bits per heavy atom. The zero-order valence-corrected chi connectivity index (χ0v) is 12.1. The van der Waals surface area contributed by atoms with Gasteiger partial charge in [-0.15, -0.1) is 0 Å². The third-order valence-electron chi connectivity index (χ3n) is 2.68. The van der Waals surface area contributed by atoms with Gasteiger partial charge >= 0.3 is 0 Å². The highest BCUT2D eigenvalue weighted by atomic mass is 19.2. The molecular formula is C14H18F2N2O3. The van der Waals surface area contributed by atoms with Crippen LogP contribution in [0.1, 0.15) is 20.8 Å². The molecule has 7 heteroatoms. The Morgan fingerprint density at radius 3 is 2.43 bits per heavy atom. The fourth-order valence-corrected chi connectivity index (χ4v) is 1.53. The Bertz CT molecular complexity index is 523.